The molecule has 0 aliphatic heterocycles. The van der Waals surface area contributed by atoms with E-state index in [2.05, 4.69) is 10.3 Å². The highest BCUT2D eigenvalue weighted by Crippen LogP contribution is 2.25. The average molecular weight is 263 g/mol. The lowest BCUT2D eigenvalue weighted by molar-refractivity contribution is 0.459. The van der Waals surface area contributed by atoms with Gasteiger partial charge in [-0.25, -0.2) is 0 Å². The minimum Gasteiger partial charge on any atom is -0.508 e. The molecule has 0 aliphatic rings. The normalized spacial score (nSPS) is 12.3. The first kappa shape index (κ1) is 12.9. The lowest BCUT2D eigenvalue weighted by atomic mass is 10.1. The Morgan fingerprint density at radius 2 is 2.11 bits per heavy atom. The van der Waals surface area contributed by atoms with Gasteiger partial charge < -0.3 is 10.4 Å². The average Bonchev–Trinajstić information content (AvgIpc) is 2.39. The number of rotatable bonds is 4. The maximum absolute atomic E-state index is 9.73. The van der Waals surface area contributed by atoms with E-state index in [1.165, 1.54) is 0 Å². The van der Waals surface area contributed by atoms with E-state index >= 15 is 0 Å². The predicted molar refractivity (Wildman–Crippen MR) is 72.6 cm³/mol. The molecule has 2 rings (SSSR count). The van der Waals surface area contributed by atoms with Crippen LogP contribution in [0.4, 0.5) is 0 Å². The second-order valence-corrected chi connectivity index (χ2v) is 4.50. The number of pyridine rings is 1. The third-order valence-electron chi connectivity index (χ3n) is 2.81. The van der Waals surface area contributed by atoms with Crippen LogP contribution in [0.25, 0.3) is 0 Å². The summed E-state index contributed by atoms with van der Waals surface area (Å²) in [6.07, 6.45) is 1.76. The summed E-state index contributed by atoms with van der Waals surface area (Å²) in [4.78, 5) is 4.28. The van der Waals surface area contributed by atoms with E-state index in [-0.39, 0.29) is 11.8 Å². The fourth-order valence-electron chi connectivity index (χ4n) is 1.71. The number of hydrogen-bond acceptors (Lipinski definition) is 3. The highest BCUT2D eigenvalue weighted by Gasteiger charge is 2.09. The Bertz CT molecular complexity index is 496. The second-order valence-electron chi connectivity index (χ2n) is 4.09. The highest BCUT2D eigenvalue weighted by molar-refractivity contribution is 6.31. The first-order valence-corrected chi connectivity index (χ1v) is 6.17. The molecule has 2 N–H and O–H groups in total. The summed E-state index contributed by atoms with van der Waals surface area (Å²) in [5.41, 5.74) is 1.67. The summed E-state index contributed by atoms with van der Waals surface area (Å²) in [5.74, 6) is 0.211. The van der Waals surface area contributed by atoms with Gasteiger partial charge in [0.15, 0.2) is 0 Å². The quantitative estimate of drug-likeness (QED) is 0.889. The van der Waals surface area contributed by atoms with Crippen molar-refractivity contribution in [3.05, 3.63) is 58.9 Å². The van der Waals surface area contributed by atoms with Gasteiger partial charge in [0, 0.05) is 29.4 Å². The van der Waals surface area contributed by atoms with E-state index in [9.17, 15) is 5.11 Å². The van der Waals surface area contributed by atoms with Crippen LogP contribution in [0.15, 0.2) is 42.6 Å². The summed E-state index contributed by atoms with van der Waals surface area (Å²) in [6, 6.07) is 11.0. The van der Waals surface area contributed by atoms with Crippen LogP contribution in [-0.4, -0.2) is 10.1 Å². The monoisotopic (exact) mass is 262 g/mol. The van der Waals surface area contributed by atoms with Crippen molar-refractivity contribution >= 4 is 11.6 Å². The van der Waals surface area contributed by atoms with Crippen LogP contribution in [-0.2, 0) is 6.54 Å². The van der Waals surface area contributed by atoms with Crippen molar-refractivity contribution in [3.8, 4) is 5.75 Å². The zero-order valence-electron chi connectivity index (χ0n) is 10.1. The minimum atomic E-state index is 0.0990. The summed E-state index contributed by atoms with van der Waals surface area (Å²) in [5, 5.41) is 13.6. The van der Waals surface area contributed by atoms with E-state index in [0.717, 1.165) is 5.69 Å². The van der Waals surface area contributed by atoms with Gasteiger partial charge in [0.05, 0.1) is 5.69 Å². The number of phenolic OH excluding ortho intramolecular Hbond substituents is 1. The van der Waals surface area contributed by atoms with Crippen LogP contribution in [0.5, 0.6) is 5.75 Å². The van der Waals surface area contributed by atoms with Gasteiger partial charge >= 0.3 is 0 Å². The van der Waals surface area contributed by atoms with Gasteiger partial charge in [-0.1, -0.05) is 23.7 Å². The smallest absolute Gasteiger partial charge is 0.121 e. The first-order valence-electron chi connectivity index (χ1n) is 5.79. The molecule has 1 heterocycles. The number of halogens is 1. The van der Waals surface area contributed by atoms with E-state index < -0.39 is 0 Å². The molecule has 0 saturated carbocycles. The molecule has 1 aromatic carbocycles. The van der Waals surface area contributed by atoms with Crippen LogP contribution in [0.3, 0.4) is 0 Å². The SMILES string of the molecule is C[C@H](NCc1c(O)cccc1Cl)c1ccccn1. The fourth-order valence-corrected chi connectivity index (χ4v) is 1.95. The third kappa shape index (κ3) is 3.00. The largest absolute Gasteiger partial charge is 0.508 e. The molecule has 4 heteroatoms. The van der Waals surface area contributed by atoms with Crippen molar-refractivity contribution in [3.63, 3.8) is 0 Å². The molecule has 94 valence electrons. The molecule has 18 heavy (non-hydrogen) atoms. The van der Waals surface area contributed by atoms with Gasteiger partial charge in [-0.05, 0) is 31.2 Å². The first-order chi connectivity index (χ1) is 8.68. The van der Waals surface area contributed by atoms with Crippen LogP contribution in [0.2, 0.25) is 5.02 Å². The molecule has 0 aliphatic carbocycles. The van der Waals surface area contributed by atoms with Gasteiger partial charge in [0.1, 0.15) is 5.75 Å². The van der Waals surface area contributed by atoms with E-state index in [1.807, 2.05) is 25.1 Å². The molecule has 0 bridgehead atoms. The molecule has 0 spiro atoms. The van der Waals surface area contributed by atoms with Gasteiger partial charge in [0.2, 0.25) is 0 Å². The standard InChI is InChI=1S/C14H15ClN2O/c1-10(13-6-2-3-8-16-13)17-9-11-12(15)5-4-7-14(11)18/h2-8,10,17-18H,9H2,1H3/t10-/m0/s1. The summed E-state index contributed by atoms with van der Waals surface area (Å²) in [7, 11) is 0. The Kier molecular flexibility index (Phi) is 4.18. The molecule has 3 nitrogen and oxygen atoms in total. The summed E-state index contributed by atoms with van der Waals surface area (Å²) < 4.78 is 0. The number of benzene rings is 1. The Morgan fingerprint density at radius 1 is 1.28 bits per heavy atom. The lowest BCUT2D eigenvalue weighted by Crippen LogP contribution is -2.19. The number of aromatic nitrogens is 1. The van der Waals surface area contributed by atoms with E-state index in [4.69, 9.17) is 11.6 Å². The molecule has 0 unspecified atom stereocenters. The Morgan fingerprint density at radius 3 is 2.78 bits per heavy atom. The maximum Gasteiger partial charge on any atom is 0.121 e. The molecule has 1 aromatic heterocycles. The number of phenols is 1. The zero-order chi connectivity index (χ0) is 13.0. The Hall–Kier alpha value is -1.58. The number of aromatic hydroxyl groups is 1. The second kappa shape index (κ2) is 5.85. The zero-order valence-corrected chi connectivity index (χ0v) is 10.9. The van der Waals surface area contributed by atoms with Crippen LogP contribution >= 0.6 is 11.6 Å². The molecule has 0 radical (unpaired) electrons. The number of nitrogens with one attached hydrogen (secondary N) is 1. The fraction of sp³-hybridized carbons (Fsp3) is 0.214. The van der Waals surface area contributed by atoms with Crippen molar-refractivity contribution in [2.75, 3.05) is 0 Å². The molecular weight excluding hydrogens is 248 g/mol. The van der Waals surface area contributed by atoms with Crippen LogP contribution in [0, 0.1) is 0 Å². The molecule has 1 atom stereocenters. The topological polar surface area (TPSA) is 45.1 Å². The molecular formula is C14H15ClN2O. The van der Waals surface area contributed by atoms with Gasteiger partial charge in [-0.2, -0.15) is 0 Å². The third-order valence-corrected chi connectivity index (χ3v) is 3.16. The van der Waals surface area contributed by atoms with Crippen LogP contribution < -0.4 is 5.32 Å². The van der Waals surface area contributed by atoms with Crippen molar-refractivity contribution < 1.29 is 5.11 Å². The Balaban J connectivity index is 2.04. The molecule has 0 amide bonds. The van der Waals surface area contributed by atoms with Crippen molar-refractivity contribution in [1.82, 2.24) is 10.3 Å². The van der Waals surface area contributed by atoms with E-state index in [1.54, 1.807) is 24.4 Å². The van der Waals surface area contributed by atoms with Crippen LogP contribution in [0.1, 0.15) is 24.2 Å². The van der Waals surface area contributed by atoms with Gasteiger partial charge in [-0.15, -0.1) is 0 Å². The minimum absolute atomic E-state index is 0.0990. The number of hydrogen-bond donors (Lipinski definition) is 2. The number of nitrogens with zero attached hydrogens (tertiary/aromatic N) is 1. The molecule has 0 saturated heterocycles. The molecule has 0 fully saturated rings. The summed E-state index contributed by atoms with van der Waals surface area (Å²) in [6.45, 7) is 2.53. The predicted octanol–water partition coefficient (Wildman–Crippen LogP) is 3.29. The van der Waals surface area contributed by atoms with Gasteiger partial charge in [-0.3, -0.25) is 4.98 Å². The lowest BCUT2D eigenvalue weighted by Gasteiger charge is -2.14. The van der Waals surface area contributed by atoms with Crippen molar-refractivity contribution in [1.29, 1.82) is 0 Å². The highest BCUT2D eigenvalue weighted by atomic mass is 35.5. The maximum atomic E-state index is 9.73. The van der Waals surface area contributed by atoms with Crippen molar-refractivity contribution in [2.24, 2.45) is 0 Å². The van der Waals surface area contributed by atoms with E-state index in [0.29, 0.717) is 17.1 Å². The Labute approximate surface area is 111 Å². The molecule has 2 aromatic rings. The van der Waals surface area contributed by atoms with Crippen molar-refractivity contribution in [2.45, 2.75) is 19.5 Å². The van der Waals surface area contributed by atoms with Gasteiger partial charge in [0.25, 0.3) is 0 Å². The summed E-state index contributed by atoms with van der Waals surface area (Å²) >= 11 is 6.04.